The van der Waals surface area contributed by atoms with Gasteiger partial charge in [-0.1, -0.05) is 15.9 Å². The van der Waals surface area contributed by atoms with Crippen molar-refractivity contribution in [2.24, 2.45) is 0 Å². The van der Waals surface area contributed by atoms with Crippen LogP contribution in [0.4, 0.5) is 5.69 Å². The first-order chi connectivity index (χ1) is 11.7. The number of ether oxygens (including phenoxy) is 2. The molecule has 0 radical (unpaired) electrons. The molecule has 0 aromatic heterocycles. The average molecular weight is 388 g/mol. The van der Waals surface area contributed by atoms with Crippen molar-refractivity contribution in [2.75, 3.05) is 31.2 Å². The van der Waals surface area contributed by atoms with Crippen molar-refractivity contribution in [1.29, 1.82) is 0 Å². The predicted molar refractivity (Wildman–Crippen MR) is 96.5 cm³/mol. The molecule has 0 unspecified atom stereocenters. The standard InChI is InChI=1S/C19H18BrNO3/c20-14-5-3-13(4-6-14)19(22)15-11-17-18(24-10-9-23-17)12-16(15)21-7-1-2-8-21/h3-6,11-12H,1-2,7-10H2. The highest BCUT2D eigenvalue weighted by atomic mass is 79.9. The van der Waals surface area contributed by atoms with E-state index in [1.54, 1.807) is 0 Å². The molecule has 2 heterocycles. The van der Waals surface area contributed by atoms with E-state index in [9.17, 15) is 4.79 Å². The van der Waals surface area contributed by atoms with Gasteiger partial charge in [0.05, 0.1) is 5.69 Å². The summed E-state index contributed by atoms with van der Waals surface area (Å²) in [5.74, 6) is 1.40. The number of rotatable bonds is 3. The number of carbonyl (C=O) groups excluding carboxylic acids is 1. The molecule has 4 rings (SSSR count). The van der Waals surface area contributed by atoms with E-state index >= 15 is 0 Å². The molecule has 1 fully saturated rings. The van der Waals surface area contributed by atoms with Crippen molar-refractivity contribution in [2.45, 2.75) is 12.8 Å². The Morgan fingerprint density at radius 2 is 1.58 bits per heavy atom. The average Bonchev–Trinajstić information content (AvgIpc) is 3.15. The Hall–Kier alpha value is -2.01. The fourth-order valence-corrected chi connectivity index (χ4v) is 3.50. The highest BCUT2D eigenvalue weighted by molar-refractivity contribution is 9.10. The topological polar surface area (TPSA) is 38.8 Å². The smallest absolute Gasteiger partial charge is 0.195 e. The second-order valence-electron chi connectivity index (χ2n) is 6.04. The molecule has 24 heavy (non-hydrogen) atoms. The molecule has 0 bridgehead atoms. The Kier molecular flexibility index (Phi) is 4.19. The van der Waals surface area contributed by atoms with Crippen LogP contribution >= 0.6 is 15.9 Å². The van der Waals surface area contributed by atoms with E-state index in [1.807, 2.05) is 36.4 Å². The van der Waals surface area contributed by atoms with Gasteiger partial charge < -0.3 is 14.4 Å². The number of ketones is 1. The van der Waals surface area contributed by atoms with E-state index < -0.39 is 0 Å². The molecule has 2 aromatic rings. The van der Waals surface area contributed by atoms with Crippen molar-refractivity contribution < 1.29 is 14.3 Å². The number of hydrogen-bond acceptors (Lipinski definition) is 4. The Bertz CT molecular complexity index is 767. The van der Waals surface area contributed by atoms with Gasteiger partial charge in [0.2, 0.25) is 0 Å². The summed E-state index contributed by atoms with van der Waals surface area (Å²) in [4.78, 5) is 15.4. The molecule has 1 saturated heterocycles. The summed E-state index contributed by atoms with van der Waals surface area (Å²) in [5, 5.41) is 0. The Morgan fingerprint density at radius 1 is 0.958 bits per heavy atom. The maximum atomic E-state index is 13.1. The summed E-state index contributed by atoms with van der Waals surface area (Å²) in [6.07, 6.45) is 2.31. The number of anilines is 1. The second kappa shape index (κ2) is 6.48. The fraction of sp³-hybridized carbons (Fsp3) is 0.316. The van der Waals surface area contributed by atoms with Crippen molar-refractivity contribution in [3.63, 3.8) is 0 Å². The molecule has 124 valence electrons. The van der Waals surface area contributed by atoms with E-state index in [-0.39, 0.29) is 5.78 Å². The van der Waals surface area contributed by atoms with E-state index in [2.05, 4.69) is 20.8 Å². The molecule has 0 saturated carbocycles. The van der Waals surface area contributed by atoms with Crippen LogP contribution < -0.4 is 14.4 Å². The van der Waals surface area contributed by atoms with Gasteiger partial charge in [0.1, 0.15) is 13.2 Å². The molecule has 4 nitrogen and oxygen atoms in total. The van der Waals surface area contributed by atoms with Crippen LogP contribution in [-0.2, 0) is 0 Å². The lowest BCUT2D eigenvalue weighted by Gasteiger charge is -2.25. The van der Waals surface area contributed by atoms with Crippen LogP contribution in [0.1, 0.15) is 28.8 Å². The van der Waals surface area contributed by atoms with Gasteiger partial charge >= 0.3 is 0 Å². The monoisotopic (exact) mass is 387 g/mol. The highest BCUT2D eigenvalue weighted by Gasteiger charge is 2.25. The molecule has 2 aliphatic heterocycles. The van der Waals surface area contributed by atoms with Crippen LogP contribution in [0.2, 0.25) is 0 Å². The lowest BCUT2D eigenvalue weighted by Crippen LogP contribution is -2.23. The maximum Gasteiger partial charge on any atom is 0.195 e. The minimum Gasteiger partial charge on any atom is -0.486 e. The van der Waals surface area contributed by atoms with Crippen LogP contribution in [0.5, 0.6) is 11.5 Å². The molecule has 0 amide bonds. The Morgan fingerprint density at radius 3 is 2.25 bits per heavy atom. The van der Waals surface area contributed by atoms with Gasteiger partial charge in [-0.25, -0.2) is 0 Å². The second-order valence-corrected chi connectivity index (χ2v) is 6.96. The van der Waals surface area contributed by atoms with Gasteiger partial charge in [-0.3, -0.25) is 4.79 Å². The minimum atomic E-state index is 0.0152. The number of fused-ring (bicyclic) bond motifs is 1. The highest BCUT2D eigenvalue weighted by Crippen LogP contribution is 2.39. The summed E-state index contributed by atoms with van der Waals surface area (Å²) < 4.78 is 12.4. The molecule has 0 spiro atoms. The van der Waals surface area contributed by atoms with Gasteiger partial charge in [0.15, 0.2) is 17.3 Å². The SMILES string of the molecule is O=C(c1ccc(Br)cc1)c1cc2c(cc1N1CCCC1)OCCO2. The molecule has 5 heteroatoms. The summed E-state index contributed by atoms with van der Waals surface area (Å²) in [6, 6.07) is 11.3. The molecule has 2 aromatic carbocycles. The predicted octanol–water partition coefficient (Wildman–Crippen LogP) is 4.05. The third-order valence-electron chi connectivity index (χ3n) is 4.46. The normalized spacial score (nSPS) is 16.3. The number of halogens is 1. The van der Waals surface area contributed by atoms with Crippen LogP contribution in [0.15, 0.2) is 40.9 Å². The number of carbonyl (C=O) groups is 1. The van der Waals surface area contributed by atoms with Gasteiger partial charge in [0, 0.05) is 34.8 Å². The Labute approximate surface area is 149 Å². The summed E-state index contributed by atoms with van der Waals surface area (Å²) >= 11 is 3.41. The lowest BCUT2D eigenvalue weighted by atomic mass is 10.00. The van der Waals surface area contributed by atoms with Gasteiger partial charge in [-0.15, -0.1) is 0 Å². The zero-order valence-corrected chi connectivity index (χ0v) is 14.8. The Balaban J connectivity index is 1.79. The largest absolute Gasteiger partial charge is 0.486 e. The van der Waals surface area contributed by atoms with E-state index in [1.165, 1.54) is 0 Å². The molecule has 0 aliphatic carbocycles. The fourth-order valence-electron chi connectivity index (χ4n) is 3.24. The van der Waals surface area contributed by atoms with Crippen molar-refractivity contribution in [1.82, 2.24) is 0 Å². The van der Waals surface area contributed by atoms with Gasteiger partial charge in [0.25, 0.3) is 0 Å². The number of nitrogens with zero attached hydrogens (tertiary/aromatic N) is 1. The van der Waals surface area contributed by atoms with E-state index in [0.29, 0.717) is 30.1 Å². The number of hydrogen-bond donors (Lipinski definition) is 0. The quantitative estimate of drug-likeness (QED) is 0.744. The van der Waals surface area contributed by atoms with E-state index in [0.717, 1.165) is 41.8 Å². The first-order valence-electron chi connectivity index (χ1n) is 8.21. The van der Waals surface area contributed by atoms with Crippen LogP contribution in [0.3, 0.4) is 0 Å². The third-order valence-corrected chi connectivity index (χ3v) is 4.99. The van der Waals surface area contributed by atoms with Gasteiger partial charge in [-0.2, -0.15) is 0 Å². The minimum absolute atomic E-state index is 0.0152. The summed E-state index contributed by atoms with van der Waals surface area (Å²) in [6.45, 7) is 3.01. The zero-order valence-electron chi connectivity index (χ0n) is 13.3. The maximum absolute atomic E-state index is 13.1. The first kappa shape index (κ1) is 15.5. The molecule has 0 N–H and O–H groups in total. The lowest BCUT2D eigenvalue weighted by molar-refractivity contribution is 0.103. The molecule has 2 aliphatic rings. The van der Waals surface area contributed by atoms with Gasteiger partial charge in [-0.05, 0) is 43.2 Å². The van der Waals surface area contributed by atoms with Crippen molar-refractivity contribution in [3.8, 4) is 11.5 Å². The summed E-state index contributed by atoms with van der Waals surface area (Å²) in [5.41, 5.74) is 2.31. The van der Waals surface area contributed by atoms with Crippen molar-refractivity contribution >= 4 is 27.4 Å². The molecular formula is C19H18BrNO3. The summed E-state index contributed by atoms with van der Waals surface area (Å²) in [7, 11) is 0. The number of benzene rings is 2. The zero-order chi connectivity index (χ0) is 16.5. The van der Waals surface area contributed by atoms with Crippen LogP contribution in [0.25, 0.3) is 0 Å². The molecule has 0 atom stereocenters. The van der Waals surface area contributed by atoms with Crippen LogP contribution in [0, 0.1) is 0 Å². The third kappa shape index (κ3) is 2.88. The van der Waals surface area contributed by atoms with E-state index in [4.69, 9.17) is 9.47 Å². The molecular weight excluding hydrogens is 370 g/mol. The van der Waals surface area contributed by atoms with Crippen molar-refractivity contribution in [3.05, 3.63) is 52.0 Å². The van der Waals surface area contributed by atoms with Crippen LogP contribution in [-0.4, -0.2) is 32.1 Å². The first-order valence-corrected chi connectivity index (χ1v) is 9.00.